The molecule has 0 amide bonds. The monoisotopic (exact) mass is 498 g/mol. The fraction of sp³-hybridized carbons (Fsp3) is 0.455. The van der Waals surface area contributed by atoms with E-state index in [0.717, 1.165) is 11.1 Å². The van der Waals surface area contributed by atoms with Gasteiger partial charge >= 0.3 is 0 Å². The molecule has 0 N–H and O–H groups in total. The van der Waals surface area contributed by atoms with Gasteiger partial charge in [0.05, 0.1) is 16.4 Å². The van der Waals surface area contributed by atoms with Crippen molar-refractivity contribution in [2.45, 2.75) is 67.9 Å². The van der Waals surface area contributed by atoms with E-state index in [9.17, 15) is 16.8 Å². The van der Waals surface area contributed by atoms with E-state index in [0.29, 0.717) is 0 Å². The maximum Gasteiger partial charge on any atom is 0.297 e. The van der Waals surface area contributed by atoms with Gasteiger partial charge in [-0.05, 0) is 52.0 Å². The van der Waals surface area contributed by atoms with Crippen LogP contribution in [0.4, 0.5) is 0 Å². The summed E-state index contributed by atoms with van der Waals surface area (Å²) in [6, 6.07) is 12.3. The van der Waals surface area contributed by atoms with Gasteiger partial charge in [0.15, 0.2) is 12.1 Å². The first-order valence-electron chi connectivity index (χ1n) is 10.3. The third kappa shape index (κ3) is 5.29. The van der Waals surface area contributed by atoms with E-state index < -0.39 is 57.2 Å². The molecule has 11 heteroatoms. The number of ether oxygens (including phenoxy) is 3. The molecule has 33 heavy (non-hydrogen) atoms. The Morgan fingerprint density at radius 3 is 1.88 bits per heavy atom. The molecular formula is C22H26O9S2. The molecule has 0 saturated carbocycles. The molecule has 2 saturated heterocycles. The molecular weight excluding hydrogens is 472 g/mol. The van der Waals surface area contributed by atoms with Crippen LogP contribution in [0.2, 0.25) is 0 Å². The lowest BCUT2D eigenvalue weighted by molar-refractivity contribution is -0.215. The Balaban J connectivity index is 1.55. The van der Waals surface area contributed by atoms with Gasteiger partial charge in [-0.25, -0.2) is 0 Å². The Bertz CT molecular complexity index is 1200. The van der Waals surface area contributed by atoms with Gasteiger partial charge in [0.1, 0.15) is 18.3 Å². The zero-order valence-electron chi connectivity index (χ0n) is 18.6. The first-order chi connectivity index (χ1) is 15.4. The van der Waals surface area contributed by atoms with Gasteiger partial charge in [-0.1, -0.05) is 35.4 Å². The fourth-order valence-electron chi connectivity index (χ4n) is 3.63. The Kier molecular flexibility index (Phi) is 6.42. The molecule has 0 unspecified atom stereocenters. The second kappa shape index (κ2) is 8.73. The summed E-state index contributed by atoms with van der Waals surface area (Å²) in [6.45, 7) is 6.51. The topological polar surface area (TPSA) is 114 Å². The van der Waals surface area contributed by atoms with Crippen molar-refractivity contribution in [2.75, 3.05) is 6.61 Å². The number of aryl methyl sites for hydroxylation is 2. The van der Waals surface area contributed by atoms with Crippen molar-refractivity contribution >= 4 is 20.2 Å². The van der Waals surface area contributed by atoms with Crippen LogP contribution >= 0.6 is 0 Å². The summed E-state index contributed by atoms with van der Waals surface area (Å²) in [5, 5.41) is 0. The third-order valence-corrected chi connectivity index (χ3v) is 7.95. The standard InChI is InChI=1S/C22H26O9S2/c1-14-5-9-16(10-6-14)32(23,24)27-13-18-19(20-21(28-18)30-22(3,4)29-20)31-33(25,26)17-11-7-15(2)8-12-17/h5-12,18-21H,13H2,1-4H3/t18-,19+,20+,21-/m0/s1. The molecule has 2 aliphatic heterocycles. The molecule has 2 aliphatic rings. The van der Waals surface area contributed by atoms with Crippen LogP contribution in [0.5, 0.6) is 0 Å². The average molecular weight is 499 g/mol. The summed E-state index contributed by atoms with van der Waals surface area (Å²) >= 11 is 0. The molecule has 2 heterocycles. The maximum absolute atomic E-state index is 12.9. The van der Waals surface area contributed by atoms with Crippen molar-refractivity contribution in [3.63, 3.8) is 0 Å². The highest BCUT2D eigenvalue weighted by Crippen LogP contribution is 2.40. The molecule has 0 radical (unpaired) electrons. The first kappa shape index (κ1) is 24.3. The zero-order valence-corrected chi connectivity index (χ0v) is 20.3. The molecule has 4 atom stereocenters. The van der Waals surface area contributed by atoms with Crippen molar-refractivity contribution in [1.29, 1.82) is 0 Å². The number of hydrogen-bond donors (Lipinski definition) is 0. The number of rotatable bonds is 7. The number of fused-ring (bicyclic) bond motifs is 1. The molecule has 2 fully saturated rings. The lowest BCUT2D eigenvalue weighted by Crippen LogP contribution is -2.40. The van der Waals surface area contributed by atoms with Crippen LogP contribution in [-0.4, -0.2) is 53.8 Å². The van der Waals surface area contributed by atoms with Crippen LogP contribution in [-0.2, 0) is 42.8 Å². The minimum Gasteiger partial charge on any atom is -0.341 e. The molecule has 0 aliphatic carbocycles. The normalized spacial score (nSPS) is 26.9. The molecule has 0 bridgehead atoms. The smallest absolute Gasteiger partial charge is 0.297 e. The predicted molar refractivity (Wildman–Crippen MR) is 116 cm³/mol. The third-order valence-electron chi connectivity index (χ3n) is 5.33. The Morgan fingerprint density at radius 1 is 0.818 bits per heavy atom. The minimum atomic E-state index is -4.20. The van der Waals surface area contributed by atoms with Gasteiger partial charge in [0.2, 0.25) is 0 Å². The predicted octanol–water partition coefficient (Wildman–Crippen LogP) is 2.66. The van der Waals surface area contributed by atoms with Crippen molar-refractivity contribution in [1.82, 2.24) is 0 Å². The average Bonchev–Trinajstić information content (AvgIpc) is 3.19. The number of benzene rings is 2. The summed E-state index contributed by atoms with van der Waals surface area (Å²) in [6.07, 6.45) is -4.09. The number of hydrogen-bond acceptors (Lipinski definition) is 9. The Morgan fingerprint density at radius 2 is 1.33 bits per heavy atom. The quantitative estimate of drug-likeness (QED) is 0.531. The fourth-order valence-corrected chi connectivity index (χ4v) is 5.66. The molecule has 2 aromatic carbocycles. The van der Waals surface area contributed by atoms with Gasteiger partial charge in [-0.2, -0.15) is 16.8 Å². The van der Waals surface area contributed by atoms with Crippen LogP contribution in [0.25, 0.3) is 0 Å². The van der Waals surface area contributed by atoms with Crippen molar-refractivity contribution in [3.8, 4) is 0 Å². The largest absolute Gasteiger partial charge is 0.341 e. The van der Waals surface area contributed by atoms with Gasteiger partial charge in [-0.3, -0.25) is 8.37 Å². The molecule has 0 spiro atoms. The van der Waals surface area contributed by atoms with E-state index >= 15 is 0 Å². The van der Waals surface area contributed by atoms with Crippen LogP contribution in [0.3, 0.4) is 0 Å². The lowest BCUT2D eigenvalue weighted by atomic mass is 10.1. The van der Waals surface area contributed by atoms with E-state index in [2.05, 4.69) is 0 Å². The lowest BCUT2D eigenvalue weighted by Gasteiger charge is -2.25. The van der Waals surface area contributed by atoms with E-state index in [-0.39, 0.29) is 9.79 Å². The van der Waals surface area contributed by atoms with E-state index in [1.807, 2.05) is 13.8 Å². The second-order valence-electron chi connectivity index (χ2n) is 8.52. The summed E-state index contributed by atoms with van der Waals surface area (Å²) in [4.78, 5) is -0.0636. The van der Waals surface area contributed by atoms with Gasteiger partial charge < -0.3 is 14.2 Å². The van der Waals surface area contributed by atoms with Gasteiger partial charge in [0.25, 0.3) is 20.2 Å². The van der Waals surface area contributed by atoms with Crippen LogP contribution < -0.4 is 0 Å². The van der Waals surface area contributed by atoms with Crippen molar-refractivity contribution in [3.05, 3.63) is 59.7 Å². The summed E-state index contributed by atoms with van der Waals surface area (Å²) in [7, 11) is -8.30. The van der Waals surface area contributed by atoms with Crippen LogP contribution in [0, 0.1) is 13.8 Å². The summed E-state index contributed by atoms with van der Waals surface area (Å²) in [5.41, 5.74) is 1.78. The highest BCUT2D eigenvalue weighted by molar-refractivity contribution is 7.87. The molecule has 9 nitrogen and oxygen atoms in total. The molecule has 2 aromatic rings. The molecule has 0 aromatic heterocycles. The summed E-state index contributed by atoms with van der Waals surface area (Å²) in [5.74, 6) is -1.02. The Hall–Kier alpha value is -1.86. The highest BCUT2D eigenvalue weighted by atomic mass is 32.2. The van der Waals surface area contributed by atoms with E-state index in [1.165, 1.54) is 24.3 Å². The summed E-state index contributed by atoms with van der Waals surface area (Å²) < 4.78 is 78.9. The molecule has 4 rings (SSSR count). The molecule has 180 valence electrons. The van der Waals surface area contributed by atoms with E-state index in [1.54, 1.807) is 38.1 Å². The maximum atomic E-state index is 12.9. The SMILES string of the molecule is Cc1ccc(S(=O)(=O)OC[C@@H]2O[C@H]3OC(C)(C)O[C@@H]3[C@@H]2OS(=O)(=O)c2ccc(C)cc2)cc1. The van der Waals surface area contributed by atoms with E-state index in [4.69, 9.17) is 22.6 Å². The van der Waals surface area contributed by atoms with Gasteiger partial charge in [-0.15, -0.1) is 0 Å². The van der Waals surface area contributed by atoms with Crippen molar-refractivity contribution in [2.24, 2.45) is 0 Å². The van der Waals surface area contributed by atoms with Gasteiger partial charge in [0, 0.05) is 0 Å². The van der Waals surface area contributed by atoms with Crippen LogP contribution in [0.1, 0.15) is 25.0 Å². The highest BCUT2D eigenvalue weighted by Gasteiger charge is 2.57. The van der Waals surface area contributed by atoms with Crippen LogP contribution in [0.15, 0.2) is 58.3 Å². The zero-order chi connectivity index (χ0) is 24.0. The first-order valence-corrected chi connectivity index (χ1v) is 13.2. The minimum absolute atomic E-state index is 0.0235. The second-order valence-corrected chi connectivity index (χ2v) is 11.7. The Labute approximate surface area is 193 Å². The van der Waals surface area contributed by atoms with Crippen molar-refractivity contribution < 1.29 is 39.4 Å².